The van der Waals surface area contributed by atoms with E-state index in [1.165, 1.54) is 19.3 Å². The van der Waals surface area contributed by atoms with E-state index in [9.17, 15) is 0 Å². The third kappa shape index (κ3) is 3.38. The predicted octanol–water partition coefficient (Wildman–Crippen LogP) is 5.34. The lowest BCUT2D eigenvalue weighted by molar-refractivity contribution is 0.276. The van der Waals surface area contributed by atoms with Crippen molar-refractivity contribution in [3.63, 3.8) is 0 Å². The molecule has 0 amide bonds. The summed E-state index contributed by atoms with van der Waals surface area (Å²) in [7, 11) is 0. The number of hydrogen-bond acceptors (Lipinski definition) is 1. The van der Waals surface area contributed by atoms with Gasteiger partial charge in [0.2, 0.25) is 0 Å². The minimum atomic E-state index is 0.597. The summed E-state index contributed by atoms with van der Waals surface area (Å²) >= 11 is 9.46. The average Bonchev–Trinajstić information content (AvgIpc) is 2.27. The highest BCUT2D eigenvalue weighted by atomic mass is 79.9. The highest BCUT2D eigenvalue weighted by molar-refractivity contribution is 9.10. The van der Waals surface area contributed by atoms with Gasteiger partial charge in [0, 0.05) is 16.2 Å². The lowest BCUT2D eigenvalue weighted by atomic mass is 9.80. The number of nitrogens with one attached hydrogen (secondary N) is 1. The molecular weight excluding hydrogens is 298 g/mol. The van der Waals surface area contributed by atoms with Gasteiger partial charge in [-0.2, -0.15) is 0 Å². The van der Waals surface area contributed by atoms with Crippen molar-refractivity contribution < 1.29 is 0 Å². The van der Waals surface area contributed by atoms with E-state index >= 15 is 0 Å². The fourth-order valence-corrected chi connectivity index (χ4v) is 3.18. The number of anilines is 1. The fourth-order valence-electron chi connectivity index (χ4n) is 2.68. The molecule has 0 aliphatic heterocycles. The van der Waals surface area contributed by atoms with Gasteiger partial charge in [0.05, 0.1) is 5.02 Å². The third-order valence-electron chi connectivity index (χ3n) is 3.70. The van der Waals surface area contributed by atoms with Crippen LogP contribution in [0.15, 0.2) is 22.7 Å². The van der Waals surface area contributed by atoms with E-state index in [4.69, 9.17) is 11.6 Å². The summed E-state index contributed by atoms with van der Waals surface area (Å²) in [6, 6.07) is 6.65. The Hall–Kier alpha value is -0.210. The Bertz CT molecular complexity index is 394. The van der Waals surface area contributed by atoms with Crippen LogP contribution in [0.3, 0.4) is 0 Å². The van der Waals surface area contributed by atoms with Gasteiger partial charge in [-0.1, -0.05) is 25.4 Å². The summed E-state index contributed by atoms with van der Waals surface area (Å²) in [5.74, 6) is 1.62. The molecule has 3 heteroatoms. The number of hydrogen-bond donors (Lipinski definition) is 1. The third-order valence-corrected chi connectivity index (χ3v) is 4.92. The smallest absolute Gasteiger partial charge is 0.0549 e. The molecule has 3 unspecified atom stereocenters. The summed E-state index contributed by atoms with van der Waals surface area (Å²) < 4.78 is 0.959. The molecule has 1 aromatic rings. The first-order chi connectivity index (χ1) is 8.06. The molecule has 1 aromatic carbocycles. The molecule has 1 N–H and O–H groups in total. The van der Waals surface area contributed by atoms with E-state index in [1.54, 1.807) is 0 Å². The van der Waals surface area contributed by atoms with Crippen molar-refractivity contribution in [1.82, 2.24) is 0 Å². The Morgan fingerprint density at radius 2 is 2.06 bits per heavy atom. The maximum absolute atomic E-state index is 6.00. The lowest BCUT2D eigenvalue weighted by Crippen LogP contribution is -2.32. The maximum atomic E-state index is 6.00. The van der Waals surface area contributed by atoms with E-state index in [-0.39, 0.29) is 0 Å². The highest BCUT2D eigenvalue weighted by Crippen LogP contribution is 2.32. The van der Waals surface area contributed by atoms with Gasteiger partial charge in [-0.15, -0.1) is 0 Å². The normalized spacial score (nSPS) is 29.1. The molecule has 17 heavy (non-hydrogen) atoms. The maximum Gasteiger partial charge on any atom is 0.0549 e. The Labute approximate surface area is 117 Å². The molecule has 1 aliphatic rings. The largest absolute Gasteiger partial charge is 0.382 e. The first-order valence-corrected chi connectivity index (χ1v) is 7.45. The van der Waals surface area contributed by atoms with Gasteiger partial charge in [0.1, 0.15) is 0 Å². The lowest BCUT2D eigenvalue weighted by Gasteiger charge is -2.33. The van der Waals surface area contributed by atoms with Gasteiger partial charge in [-0.05, 0) is 65.2 Å². The molecule has 0 heterocycles. The predicted molar refractivity (Wildman–Crippen MR) is 78.7 cm³/mol. The zero-order valence-corrected chi connectivity index (χ0v) is 12.7. The van der Waals surface area contributed by atoms with Crippen LogP contribution in [0.2, 0.25) is 5.02 Å². The Balaban J connectivity index is 2.02. The summed E-state index contributed by atoms with van der Waals surface area (Å²) in [6.45, 7) is 4.70. The van der Waals surface area contributed by atoms with E-state index in [1.807, 2.05) is 6.07 Å². The molecule has 1 nitrogen and oxygen atoms in total. The Morgan fingerprint density at radius 3 is 2.71 bits per heavy atom. The zero-order valence-electron chi connectivity index (χ0n) is 10.3. The number of rotatable bonds is 2. The second kappa shape index (κ2) is 5.62. The highest BCUT2D eigenvalue weighted by Gasteiger charge is 2.25. The van der Waals surface area contributed by atoms with Crippen molar-refractivity contribution in [2.75, 3.05) is 5.32 Å². The van der Waals surface area contributed by atoms with Gasteiger partial charge >= 0.3 is 0 Å². The van der Waals surface area contributed by atoms with Crippen molar-refractivity contribution >= 4 is 33.2 Å². The summed E-state index contributed by atoms with van der Waals surface area (Å²) in [4.78, 5) is 0. The summed E-state index contributed by atoms with van der Waals surface area (Å²) in [5.41, 5.74) is 1.16. The van der Waals surface area contributed by atoms with Crippen molar-refractivity contribution in [3.05, 3.63) is 27.7 Å². The molecule has 94 valence electrons. The van der Waals surface area contributed by atoms with E-state index in [0.29, 0.717) is 6.04 Å². The number of halogens is 2. The van der Waals surface area contributed by atoms with E-state index < -0.39 is 0 Å². The second-order valence-electron chi connectivity index (χ2n) is 5.28. The topological polar surface area (TPSA) is 12.0 Å². The first kappa shape index (κ1) is 13.2. The molecule has 1 saturated carbocycles. The minimum absolute atomic E-state index is 0.597. The average molecular weight is 317 g/mol. The van der Waals surface area contributed by atoms with Gasteiger partial charge < -0.3 is 5.32 Å². The van der Waals surface area contributed by atoms with Crippen LogP contribution in [-0.4, -0.2) is 6.04 Å². The monoisotopic (exact) mass is 315 g/mol. The van der Waals surface area contributed by atoms with Crippen LogP contribution in [0.4, 0.5) is 5.69 Å². The fraction of sp³-hybridized carbons (Fsp3) is 0.571. The molecule has 0 saturated heterocycles. The van der Waals surface area contributed by atoms with Crippen molar-refractivity contribution in [2.45, 2.75) is 39.2 Å². The number of benzene rings is 1. The minimum Gasteiger partial charge on any atom is -0.382 e. The van der Waals surface area contributed by atoms with E-state index in [0.717, 1.165) is 27.0 Å². The van der Waals surface area contributed by atoms with Crippen LogP contribution in [-0.2, 0) is 0 Å². The Kier molecular flexibility index (Phi) is 4.37. The van der Waals surface area contributed by atoms with Gasteiger partial charge in [0.25, 0.3) is 0 Å². The van der Waals surface area contributed by atoms with Crippen molar-refractivity contribution in [2.24, 2.45) is 11.8 Å². The molecule has 0 aromatic heterocycles. The summed E-state index contributed by atoms with van der Waals surface area (Å²) in [6.07, 6.45) is 3.92. The van der Waals surface area contributed by atoms with E-state index in [2.05, 4.69) is 47.2 Å². The van der Waals surface area contributed by atoms with Crippen LogP contribution in [0.5, 0.6) is 0 Å². The van der Waals surface area contributed by atoms with Crippen LogP contribution in [0, 0.1) is 11.8 Å². The SMILES string of the molecule is CC1CCC(Nc2ccc(Cl)c(Br)c2)C(C)C1. The molecular formula is C14H19BrClN. The van der Waals surface area contributed by atoms with Crippen LogP contribution < -0.4 is 5.32 Å². The molecule has 0 bridgehead atoms. The standard InChI is InChI=1S/C14H19BrClN/c1-9-3-6-14(10(2)7-9)17-11-4-5-13(16)12(15)8-11/h4-5,8-10,14,17H,3,6-7H2,1-2H3. The van der Waals surface area contributed by atoms with Gasteiger partial charge in [0.15, 0.2) is 0 Å². The van der Waals surface area contributed by atoms with Crippen molar-refractivity contribution in [1.29, 1.82) is 0 Å². The molecule has 1 fully saturated rings. The second-order valence-corrected chi connectivity index (χ2v) is 6.54. The zero-order chi connectivity index (χ0) is 12.4. The molecule has 3 atom stereocenters. The van der Waals surface area contributed by atoms with Crippen LogP contribution >= 0.6 is 27.5 Å². The van der Waals surface area contributed by atoms with Gasteiger partial charge in [-0.3, -0.25) is 0 Å². The first-order valence-electron chi connectivity index (χ1n) is 6.28. The molecule has 0 spiro atoms. The van der Waals surface area contributed by atoms with Crippen molar-refractivity contribution in [3.8, 4) is 0 Å². The molecule has 0 radical (unpaired) electrons. The van der Waals surface area contributed by atoms with Gasteiger partial charge in [-0.25, -0.2) is 0 Å². The molecule has 1 aliphatic carbocycles. The Morgan fingerprint density at radius 1 is 1.29 bits per heavy atom. The molecule has 2 rings (SSSR count). The quantitative estimate of drug-likeness (QED) is 0.776. The van der Waals surface area contributed by atoms with Crippen LogP contribution in [0.25, 0.3) is 0 Å². The summed E-state index contributed by atoms with van der Waals surface area (Å²) in [5, 5.41) is 4.40. The van der Waals surface area contributed by atoms with Crippen LogP contribution in [0.1, 0.15) is 33.1 Å².